The molecule has 0 radical (unpaired) electrons. The van der Waals surface area contributed by atoms with Crippen molar-refractivity contribution in [1.82, 2.24) is 15.5 Å². The molecule has 0 saturated carbocycles. The normalized spacial score (nSPS) is 12.6. The quantitative estimate of drug-likeness (QED) is 0.872. The molecule has 1 N–H and O–H groups in total. The molecule has 108 valence electrons. The summed E-state index contributed by atoms with van der Waals surface area (Å²) in [6.45, 7) is 7.33. The molecule has 0 amide bonds. The van der Waals surface area contributed by atoms with Crippen molar-refractivity contribution in [3.05, 3.63) is 34.1 Å². The third kappa shape index (κ3) is 3.90. The van der Waals surface area contributed by atoms with Crippen LogP contribution in [0.4, 0.5) is 0 Å². The molecule has 1 atom stereocenters. The summed E-state index contributed by atoms with van der Waals surface area (Å²) in [5.74, 6) is 1.34. The minimum absolute atomic E-state index is 0.342. The minimum Gasteiger partial charge on any atom is -0.339 e. The zero-order valence-corrected chi connectivity index (χ0v) is 13.7. The van der Waals surface area contributed by atoms with Gasteiger partial charge in [0.2, 0.25) is 11.7 Å². The monoisotopic (exact) mass is 337 g/mol. The maximum Gasteiger partial charge on any atom is 0.228 e. The highest BCUT2D eigenvalue weighted by Crippen LogP contribution is 2.24. The molecule has 2 rings (SSSR count). The van der Waals surface area contributed by atoms with Gasteiger partial charge in [0.15, 0.2) is 0 Å². The molecule has 5 heteroatoms. The molecular formula is C15H20BrN3O. The lowest BCUT2D eigenvalue weighted by atomic mass is 10.1. The van der Waals surface area contributed by atoms with Gasteiger partial charge in [-0.3, -0.25) is 0 Å². The van der Waals surface area contributed by atoms with Crippen LogP contribution in [0.3, 0.4) is 0 Å². The second-order valence-corrected chi connectivity index (χ2v) is 5.95. The molecule has 1 aromatic carbocycles. The Kier molecular flexibility index (Phi) is 5.31. The van der Waals surface area contributed by atoms with Crippen molar-refractivity contribution in [3.63, 3.8) is 0 Å². The number of rotatable bonds is 6. The van der Waals surface area contributed by atoms with Gasteiger partial charge < -0.3 is 9.84 Å². The minimum atomic E-state index is 0.342. The molecule has 0 bridgehead atoms. The van der Waals surface area contributed by atoms with Crippen molar-refractivity contribution in [3.8, 4) is 11.4 Å². The van der Waals surface area contributed by atoms with Crippen molar-refractivity contribution in [2.24, 2.45) is 0 Å². The van der Waals surface area contributed by atoms with E-state index in [0.29, 0.717) is 17.8 Å². The van der Waals surface area contributed by atoms with Crippen molar-refractivity contribution >= 4 is 15.9 Å². The Balaban J connectivity index is 2.08. The van der Waals surface area contributed by atoms with Gasteiger partial charge in [0.05, 0.1) is 0 Å². The van der Waals surface area contributed by atoms with Gasteiger partial charge in [-0.25, -0.2) is 0 Å². The van der Waals surface area contributed by atoms with Gasteiger partial charge in [0, 0.05) is 22.5 Å². The first kappa shape index (κ1) is 15.2. The lowest BCUT2D eigenvalue weighted by Gasteiger charge is -2.09. The first-order valence-electron chi connectivity index (χ1n) is 6.92. The standard InChI is InChI=1S/C15H20BrN3O/c1-4-7-17-11(3)9-14-18-15(19-20-14)13-6-5-12(16)8-10(13)2/h5-6,8,11,17H,4,7,9H2,1-3H3. The topological polar surface area (TPSA) is 51.0 Å². The van der Waals surface area contributed by atoms with E-state index < -0.39 is 0 Å². The number of hydrogen-bond donors (Lipinski definition) is 1. The number of halogens is 1. The highest BCUT2D eigenvalue weighted by Gasteiger charge is 2.13. The Morgan fingerprint density at radius 1 is 1.40 bits per heavy atom. The molecule has 4 nitrogen and oxygen atoms in total. The van der Waals surface area contributed by atoms with Gasteiger partial charge in [-0.15, -0.1) is 0 Å². The number of benzene rings is 1. The van der Waals surface area contributed by atoms with Crippen molar-refractivity contribution < 1.29 is 4.52 Å². The van der Waals surface area contributed by atoms with E-state index >= 15 is 0 Å². The van der Waals surface area contributed by atoms with Gasteiger partial charge >= 0.3 is 0 Å². The Morgan fingerprint density at radius 3 is 2.90 bits per heavy atom. The van der Waals surface area contributed by atoms with E-state index in [4.69, 9.17) is 4.52 Å². The van der Waals surface area contributed by atoms with Crippen molar-refractivity contribution in [2.45, 2.75) is 39.7 Å². The maximum atomic E-state index is 5.34. The first-order chi connectivity index (χ1) is 9.60. The highest BCUT2D eigenvalue weighted by molar-refractivity contribution is 9.10. The van der Waals surface area contributed by atoms with Gasteiger partial charge in [-0.05, 0) is 50.6 Å². The van der Waals surface area contributed by atoms with E-state index in [1.54, 1.807) is 0 Å². The summed E-state index contributed by atoms with van der Waals surface area (Å²) < 4.78 is 6.40. The van der Waals surface area contributed by atoms with Crippen LogP contribution in [0, 0.1) is 6.92 Å². The molecule has 1 aromatic heterocycles. The predicted octanol–water partition coefficient (Wildman–Crippen LogP) is 3.74. The molecule has 0 spiro atoms. The summed E-state index contributed by atoms with van der Waals surface area (Å²) in [6, 6.07) is 6.39. The van der Waals surface area contributed by atoms with Crippen LogP contribution < -0.4 is 5.32 Å². The smallest absolute Gasteiger partial charge is 0.228 e. The van der Waals surface area contributed by atoms with Crippen molar-refractivity contribution in [2.75, 3.05) is 6.54 Å². The van der Waals surface area contributed by atoms with Gasteiger partial charge in [0.25, 0.3) is 0 Å². The van der Waals surface area contributed by atoms with Crippen LogP contribution in [0.15, 0.2) is 27.2 Å². The van der Waals surface area contributed by atoms with Crippen LogP contribution in [0.2, 0.25) is 0 Å². The van der Waals surface area contributed by atoms with Gasteiger partial charge in [-0.2, -0.15) is 4.98 Å². The van der Waals surface area contributed by atoms with E-state index in [-0.39, 0.29) is 0 Å². The van der Waals surface area contributed by atoms with Crippen LogP contribution in [0.5, 0.6) is 0 Å². The molecule has 2 aromatic rings. The molecule has 0 aliphatic rings. The average molecular weight is 338 g/mol. The zero-order chi connectivity index (χ0) is 14.5. The van der Waals surface area contributed by atoms with E-state index in [9.17, 15) is 0 Å². The van der Waals surface area contributed by atoms with Crippen LogP contribution in [-0.2, 0) is 6.42 Å². The number of aryl methyl sites for hydroxylation is 1. The fraction of sp³-hybridized carbons (Fsp3) is 0.467. The predicted molar refractivity (Wildman–Crippen MR) is 83.6 cm³/mol. The Morgan fingerprint density at radius 2 is 2.20 bits per heavy atom. The molecule has 0 fully saturated rings. The number of nitrogens with one attached hydrogen (secondary N) is 1. The lowest BCUT2D eigenvalue weighted by molar-refractivity contribution is 0.362. The molecule has 1 heterocycles. The van der Waals surface area contributed by atoms with Crippen LogP contribution in [0.25, 0.3) is 11.4 Å². The average Bonchev–Trinajstić information content (AvgIpc) is 2.84. The summed E-state index contributed by atoms with van der Waals surface area (Å²) in [7, 11) is 0. The van der Waals surface area contributed by atoms with E-state index in [1.165, 1.54) is 0 Å². The van der Waals surface area contributed by atoms with Crippen LogP contribution >= 0.6 is 15.9 Å². The molecule has 20 heavy (non-hydrogen) atoms. The summed E-state index contributed by atoms with van der Waals surface area (Å²) >= 11 is 3.46. The second kappa shape index (κ2) is 6.99. The molecule has 0 aliphatic carbocycles. The maximum absolute atomic E-state index is 5.34. The lowest BCUT2D eigenvalue weighted by Crippen LogP contribution is -2.28. The number of nitrogens with zero attached hydrogens (tertiary/aromatic N) is 2. The molecule has 0 aliphatic heterocycles. The Labute approximate surface area is 128 Å². The fourth-order valence-electron chi connectivity index (χ4n) is 2.05. The van der Waals surface area contributed by atoms with Gasteiger partial charge in [0.1, 0.15) is 0 Å². The highest BCUT2D eigenvalue weighted by atomic mass is 79.9. The number of aromatic nitrogens is 2. The van der Waals surface area contributed by atoms with E-state index in [1.807, 2.05) is 19.1 Å². The second-order valence-electron chi connectivity index (χ2n) is 5.03. The van der Waals surface area contributed by atoms with Crippen LogP contribution in [0.1, 0.15) is 31.7 Å². The SMILES string of the molecule is CCCNC(C)Cc1nc(-c2ccc(Br)cc2C)no1. The fourth-order valence-corrected chi connectivity index (χ4v) is 2.53. The number of hydrogen-bond acceptors (Lipinski definition) is 4. The third-order valence-corrected chi connectivity index (χ3v) is 3.61. The Hall–Kier alpha value is -1.20. The van der Waals surface area contributed by atoms with Crippen LogP contribution in [-0.4, -0.2) is 22.7 Å². The molecular weight excluding hydrogens is 318 g/mol. The summed E-state index contributed by atoms with van der Waals surface area (Å²) in [5.41, 5.74) is 2.14. The van der Waals surface area contributed by atoms with Gasteiger partial charge in [-0.1, -0.05) is 28.0 Å². The molecule has 1 unspecified atom stereocenters. The Bertz CT molecular complexity index is 568. The molecule has 0 saturated heterocycles. The first-order valence-corrected chi connectivity index (χ1v) is 7.72. The van der Waals surface area contributed by atoms with E-state index in [0.717, 1.165) is 35.0 Å². The third-order valence-electron chi connectivity index (χ3n) is 3.12. The van der Waals surface area contributed by atoms with Crippen molar-refractivity contribution in [1.29, 1.82) is 0 Å². The summed E-state index contributed by atoms with van der Waals surface area (Å²) in [6.07, 6.45) is 1.88. The summed E-state index contributed by atoms with van der Waals surface area (Å²) in [4.78, 5) is 4.49. The zero-order valence-electron chi connectivity index (χ0n) is 12.1. The van der Waals surface area contributed by atoms with E-state index in [2.05, 4.69) is 51.3 Å². The summed E-state index contributed by atoms with van der Waals surface area (Å²) in [5, 5.41) is 7.50. The largest absolute Gasteiger partial charge is 0.339 e.